The molecule has 1 aromatic carbocycles. The topological polar surface area (TPSA) is 0 Å². The van der Waals surface area contributed by atoms with Crippen LogP contribution in [-0.4, -0.2) is 0 Å². The Kier molecular flexibility index (Phi) is 4.11. The first kappa shape index (κ1) is 11.5. The van der Waals surface area contributed by atoms with Gasteiger partial charge in [-0.3, -0.25) is 0 Å². The minimum absolute atomic E-state index is 1.23. The van der Waals surface area contributed by atoms with E-state index in [4.69, 9.17) is 0 Å². The van der Waals surface area contributed by atoms with Crippen molar-refractivity contribution >= 4 is 5.57 Å². The molecule has 0 amide bonds. The van der Waals surface area contributed by atoms with Gasteiger partial charge in [-0.15, -0.1) is 0 Å². The zero-order valence-electron chi connectivity index (χ0n) is 9.75. The van der Waals surface area contributed by atoms with E-state index in [9.17, 15) is 0 Å². The van der Waals surface area contributed by atoms with Crippen molar-refractivity contribution in [3.05, 3.63) is 65.8 Å². The van der Waals surface area contributed by atoms with Crippen LogP contribution in [0, 0.1) is 13.8 Å². The number of rotatable bonds is 3. The summed E-state index contributed by atoms with van der Waals surface area (Å²) in [4.78, 5) is 0. The van der Waals surface area contributed by atoms with Crippen LogP contribution < -0.4 is 0 Å². The first-order valence-electron chi connectivity index (χ1n) is 5.22. The molecule has 0 saturated heterocycles. The summed E-state index contributed by atoms with van der Waals surface area (Å²) in [7, 11) is 0. The van der Waals surface area contributed by atoms with Gasteiger partial charge >= 0.3 is 0 Å². The van der Waals surface area contributed by atoms with Crippen LogP contribution in [0.15, 0.2) is 49.1 Å². The van der Waals surface area contributed by atoms with Crippen LogP contribution in [0.2, 0.25) is 0 Å². The fourth-order valence-corrected chi connectivity index (χ4v) is 1.45. The Morgan fingerprint density at radius 3 is 2.47 bits per heavy atom. The van der Waals surface area contributed by atoms with Crippen molar-refractivity contribution in [3.8, 4) is 0 Å². The monoisotopic (exact) mass is 198 g/mol. The van der Waals surface area contributed by atoms with Crippen LogP contribution in [0.25, 0.3) is 5.57 Å². The van der Waals surface area contributed by atoms with Crippen LogP contribution >= 0.6 is 0 Å². The number of allylic oxidation sites excluding steroid dienone is 5. The predicted octanol–water partition coefficient (Wildman–Crippen LogP) is 4.45. The summed E-state index contributed by atoms with van der Waals surface area (Å²) < 4.78 is 0. The highest BCUT2D eigenvalue weighted by atomic mass is 14.0. The largest absolute Gasteiger partial charge is 0.0991 e. The molecule has 0 radical (unpaired) electrons. The second-order valence-corrected chi connectivity index (χ2v) is 3.64. The van der Waals surface area contributed by atoms with E-state index in [1.165, 1.54) is 22.3 Å². The molecule has 78 valence electrons. The molecule has 0 spiro atoms. The van der Waals surface area contributed by atoms with Crippen molar-refractivity contribution in [2.45, 2.75) is 20.8 Å². The van der Waals surface area contributed by atoms with Gasteiger partial charge in [-0.05, 0) is 43.0 Å². The van der Waals surface area contributed by atoms with Crippen molar-refractivity contribution in [1.82, 2.24) is 0 Å². The molecule has 1 rings (SSSR count). The Hall–Kier alpha value is -1.56. The molecule has 0 fully saturated rings. The van der Waals surface area contributed by atoms with Crippen LogP contribution in [-0.2, 0) is 0 Å². The van der Waals surface area contributed by atoms with Crippen LogP contribution in [0.5, 0.6) is 0 Å². The predicted molar refractivity (Wildman–Crippen MR) is 68.9 cm³/mol. The van der Waals surface area contributed by atoms with Gasteiger partial charge in [-0.2, -0.15) is 0 Å². The van der Waals surface area contributed by atoms with Crippen LogP contribution in [0.3, 0.4) is 0 Å². The zero-order valence-corrected chi connectivity index (χ0v) is 9.75. The summed E-state index contributed by atoms with van der Waals surface area (Å²) in [6.45, 7) is 10.0. The second-order valence-electron chi connectivity index (χ2n) is 3.64. The Bertz CT molecular complexity index is 406. The van der Waals surface area contributed by atoms with E-state index in [1.807, 2.05) is 6.08 Å². The minimum Gasteiger partial charge on any atom is -0.0991 e. The van der Waals surface area contributed by atoms with Gasteiger partial charge in [0.2, 0.25) is 0 Å². The second kappa shape index (κ2) is 5.35. The van der Waals surface area contributed by atoms with Crippen molar-refractivity contribution < 1.29 is 0 Å². The van der Waals surface area contributed by atoms with Crippen LogP contribution in [0.1, 0.15) is 23.6 Å². The van der Waals surface area contributed by atoms with Crippen molar-refractivity contribution in [2.75, 3.05) is 0 Å². The number of aryl methyl sites for hydroxylation is 2. The third kappa shape index (κ3) is 2.95. The van der Waals surface area contributed by atoms with Gasteiger partial charge in [0.1, 0.15) is 0 Å². The highest BCUT2D eigenvalue weighted by Gasteiger charge is 1.98. The lowest BCUT2D eigenvalue weighted by molar-refractivity contribution is 1.33. The lowest BCUT2D eigenvalue weighted by Gasteiger charge is -2.05. The maximum atomic E-state index is 3.68. The fourth-order valence-electron chi connectivity index (χ4n) is 1.45. The molecule has 0 aliphatic carbocycles. The molecule has 15 heavy (non-hydrogen) atoms. The smallest absolute Gasteiger partial charge is 0.0185 e. The molecule has 0 heterocycles. The SMILES string of the molecule is C=C/C=C\C(=C/C)c1ccc(C)c(C)c1. The third-order valence-corrected chi connectivity index (χ3v) is 2.56. The van der Waals surface area contributed by atoms with Crippen LogP contribution in [0.4, 0.5) is 0 Å². The summed E-state index contributed by atoms with van der Waals surface area (Å²) in [6.07, 6.45) is 7.95. The summed E-state index contributed by atoms with van der Waals surface area (Å²) in [5.74, 6) is 0. The standard InChI is InChI=1S/C15H18/c1-5-7-8-14(6-2)15-10-9-12(3)13(4)11-15/h5-11H,1H2,2-4H3/b8-7-,14-6+. The molecule has 0 aliphatic rings. The molecule has 0 bridgehead atoms. The average Bonchev–Trinajstić information content (AvgIpc) is 2.24. The molecule has 0 aliphatic heterocycles. The lowest BCUT2D eigenvalue weighted by atomic mass is 10.00. The highest BCUT2D eigenvalue weighted by Crippen LogP contribution is 2.19. The van der Waals surface area contributed by atoms with Crippen molar-refractivity contribution in [3.63, 3.8) is 0 Å². The molecule has 0 heteroatoms. The van der Waals surface area contributed by atoms with E-state index in [1.54, 1.807) is 6.08 Å². The Balaban J connectivity index is 3.09. The quantitative estimate of drug-likeness (QED) is 0.629. The number of hydrogen-bond donors (Lipinski definition) is 0. The normalized spacial score (nSPS) is 12.1. The molecular weight excluding hydrogens is 180 g/mol. The summed E-state index contributed by atoms with van der Waals surface area (Å²) in [5, 5.41) is 0. The molecule has 0 aromatic heterocycles. The average molecular weight is 198 g/mol. The van der Waals surface area contributed by atoms with Gasteiger partial charge in [0.15, 0.2) is 0 Å². The maximum absolute atomic E-state index is 3.68. The summed E-state index contributed by atoms with van der Waals surface area (Å²) >= 11 is 0. The summed E-state index contributed by atoms with van der Waals surface area (Å²) in [5.41, 5.74) is 5.16. The molecule has 0 atom stereocenters. The minimum atomic E-state index is 1.23. The highest BCUT2D eigenvalue weighted by molar-refractivity contribution is 5.74. The molecule has 0 unspecified atom stereocenters. The van der Waals surface area contributed by atoms with E-state index >= 15 is 0 Å². The number of benzene rings is 1. The Morgan fingerprint density at radius 2 is 1.93 bits per heavy atom. The molecule has 0 nitrogen and oxygen atoms in total. The van der Waals surface area contributed by atoms with E-state index in [2.05, 4.69) is 57.7 Å². The molecule has 0 N–H and O–H groups in total. The lowest BCUT2D eigenvalue weighted by Crippen LogP contribution is -1.85. The fraction of sp³-hybridized carbons (Fsp3) is 0.200. The van der Waals surface area contributed by atoms with Crippen molar-refractivity contribution in [1.29, 1.82) is 0 Å². The van der Waals surface area contributed by atoms with Gasteiger partial charge in [0, 0.05) is 0 Å². The first-order valence-corrected chi connectivity index (χ1v) is 5.22. The van der Waals surface area contributed by atoms with Gasteiger partial charge in [0.25, 0.3) is 0 Å². The maximum Gasteiger partial charge on any atom is -0.0185 e. The molecule has 1 aromatic rings. The van der Waals surface area contributed by atoms with Gasteiger partial charge < -0.3 is 0 Å². The Morgan fingerprint density at radius 1 is 1.20 bits per heavy atom. The van der Waals surface area contributed by atoms with E-state index < -0.39 is 0 Å². The third-order valence-electron chi connectivity index (χ3n) is 2.56. The van der Waals surface area contributed by atoms with Crippen molar-refractivity contribution in [2.24, 2.45) is 0 Å². The molecule has 0 saturated carbocycles. The Labute approximate surface area is 92.6 Å². The summed E-state index contributed by atoms with van der Waals surface area (Å²) in [6, 6.07) is 6.54. The van der Waals surface area contributed by atoms with Gasteiger partial charge in [-0.25, -0.2) is 0 Å². The zero-order chi connectivity index (χ0) is 11.3. The van der Waals surface area contributed by atoms with E-state index in [-0.39, 0.29) is 0 Å². The molecular formula is C15H18. The van der Waals surface area contributed by atoms with Gasteiger partial charge in [-0.1, -0.05) is 49.1 Å². The van der Waals surface area contributed by atoms with E-state index in [0.717, 1.165) is 0 Å². The van der Waals surface area contributed by atoms with Gasteiger partial charge in [0.05, 0.1) is 0 Å². The first-order chi connectivity index (χ1) is 7.19. The number of hydrogen-bond acceptors (Lipinski definition) is 0. The van der Waals surface area contributed by atoms with E-state index in [0.29, 0.717) is 0 Å².